The molecule has 0 saturated heterocycles. The molecule has 1 aliphatic heterocycles. The second kappa shape index (κ2) is 11.7. The highest BCUT2D eigenvalue weighted by molar-refractivity contribution is 5.26. The minimum Gasteiger partial charge on any atom is -0.497 e. The Bertz CT molecular complexity index is 633. The average molecular weight is 374 g/mol. The molecule has 2 rings (SSSR count). The van der Waals surface area contributed by atoms with Gasteiger partial charge in [-0.15, -0.1) is 0 Å². The maximum Gasteiger partial charge on any atom is 0.118 e. The number of methoxy groups -OCH3 is 1. The molecule has 0 bridgehead atoms. The smallest absolute Gasteiger partial charge is 0.118 e. The lowest BCUT2D eigenvalue weighted by Gasteiger charge is -2.22. The molecule has 5 nitrogen and oxygen atoms in total. The fourth-order valence-corrected chi connectivity index (χ4v) is 2.79. The second-order valence-corrected chi connectivity index (χ2v) is 6.59. The monoisotopic (exact) mass is 374 g/mol. The standard InChI is InChI=1S/C22H30O5/c1-17-12-14-26-20(15-17)10-11-21(24)22(5-3-4-13-23)27-16-18-6-8-19(25-2)9-7-18/h3-4,6-12,20-24H,5,13-16H2,1-2H3/b4-3+,11-10-. The molecule has 1 aromatic carbocycles. The van der Waals surface area contributed by atoms with E-state index in [1.807, 2.05) is 36.4 Å². The number of hydrogen-bond donors (Lipinski definition) is 2. The topological polar surface area (TPSA) is 68.2 Å². The third-order valence-electron chi connectivity index (χ3n) is 4.43. The zero-order chi connectivity index (χ0) is 19.5. The first kappa shape index (κ1) is 21.4. The third kappa shape index (κ3) is 7.69. The number of aliphatic hydroxyl groups is 2. The Morgan fingerprint density at radius 3 is 2.70 bits per heavy atom. The molecule has 0 saturated carbocycles. The summed E-state index contributed by atoms with van der Waals surface area (Å²) >= 11 is 0. The van der Waals surface area contributed by atoms with Gasteiger partial charge in [-0.05, 0) is 37.5 Å². The molecule has 1 heterocycles. The van der Waals surface area contributed by atoms with Crippen molar-refractivity contribution in [2.45, 2.75) is 44.7 Å². The van der Waals surface area contributed by atoms with Crippen LogP contribution in [0.15, 0.2) is 60.2 Å². The van der Waals surface area contributed by atoms with Crippen LogP contribution in [0.3, 0.4) is 0 Å². The molecule has 3 atom stereocenters. The minimum absolute atomic E-state index is 0.0140. The van der Waals surface area contributed by atoms with Crippen LogP contribution < -0.4 is 4.74 Å². The van der Waals surface area contributed by atoms with Crippen molar-refractivity contribution >= 4 is 0 Å². The van der Waals surface area contributed by atoms with Gasteiger partial charge in [0, 0.05) is 0 Å². The van der Waals surface area contributed by atoms with E-state index in [1.54, 1.807) is 19.3 Å². The zero-order valence-electron chi connectivity index (χ0n) is 16.1. The van der Waals surface area contributed by atoms with E-state index in [9.17, 15) is 5.11 Å². The minimum atomic E-state index is -0.763. The van der Waals surface area contributed by atoms with Crippen LogP contribution in [0.4, 0.5) is 0 Å². The number of rotatable bonds is 10. The van der Waals surface area contributed by atoms with Crippen LogP contribution in [0.2, 0.25) is 0 Å². The largest absolute Gasteiger partial charge is 0.497 e. The summed E-state index contributed by atoms with van der Waals surface area (Å²) in [5, 5.41) is 19.5. The van der Waals surface area contributed by atoms with Gasteiger partial charge in [-0.3, -0.25) is 0 Å². The Kier molecular flexibility index (Phi) is 9.28. The Labute approximate surface area is 161 Å². The predicted octanol–water partition coefficient (Wildman–Crippen LogP) is 3.17. The van der Waals surface area contributed by atoms with Crippen molar-refractivity contribution in [1.29, 1.82) is 0 Å². The number of hydrogen-bond acceptors (Lipinski definition) is 5. The molecule has 0 amide bonds. The third-order valence-corrected chi connectivity index (χ3v) is 4.43. The van der Waals surface area contributed by atoms with Crippen molar-refractivity contribution < 1.29 is 24.4 Å². The Morgan fingerprint density at radius 2 is 2.04 bits per heavy atom. The van der Waals surface area contributed by atoms with E-state index in [2.05, 4.69) is 13.0 Å². The van der Waals surface area contributed by atoms with Gasteiger partial charge in [0.1, 0.15) is 5.75 Å². The van der Waals surface area contributed by atoms with Crippen molar-refractivity contribution in [1.82, 2.24) is 0 Å². The Balaban J connectivity index is 1.94. The Morgan fingerprint density at radius 1 is 1.26 bits per heavy atom. The van der Waals surface area contributed by atoms with Crippen molar-refractivity contribution in [2.24, 2.45) is 0 Å². The summed E-state index contributed by atoms with van der Waals surface area (Å²) in [5.41, 5.74) is 2.29. The van der Waals surface area contributed by atoms with Crippen LogP contribution in [0.1, 0.15) is 25.3 Å². The molecule has 3 unspecified atom stereocenters. The first-order valence-corrected chi connectivity index (χ1v) is 9.26. The zero-order valence-corrected chi connectivity index (χ0v) is 16.1. The number of aliphatic hydroxyl groups excluding tert-OH is 2. The van der Waals surface area contributed by atoms with Gasteiger partial charge >= 0.3 is 0 Å². The summed E-state index contributed by atoms with van der Waals surface area (Å²) in [7, 11) is 1.63. The van der Waals surface area contributed by atoms with Crippen molar-refractivity contribution in [3.63, 3.8) is 0 Å². The van der Waals surface area contributed by atoms with E-state index in [4.69, 9.17) is 19.3 Å². The maximum atomic E-state index is 10.6. The molecule has 27 heavy (non-hydrogen) atoms. The normalized spacial score (nSPS) is 20.0. The van der Waals surface area contributed by atoms with E-state index < -0.39 is 12.2 Å². The van der Waals surface area contributed by atoms with E-state index in [-0.39, 0.29) is 12.7 Å². The van der Waals surface area contributed by atoms with Gasteiger partial charge in [0.2, 0.25) is 0 Å². The summed E-state index contributed by atoms with van der Waals surface area (Å²) in [4.78, 5) is 0. The first-order valence-electron chi connectivity index (χ1n) is 9.26. The molecular formula is C22H30O5. The number of benzene rings is 1. The highest BCUT2D eigenvalue weighted by atomic mass is 16.5. The molecule has 5 heteroatoms. The van der Waals surface area contributed by atoms with Crippen molar-refractivity contribution in [2.75, 3.05) is 20.3 Å². The van der Waals surface area contributed by atoms with Crippen LogP contribution in [0, 0.1) is 0 Å². The molecule has 0 spiro atoms. The fraction of sp³-hybridized carbons (Fsp3) is 0.455. The van der Waals surface area contributed by atoms with Crippen LogP contribution >= 0.6 is 0 Å². The summed E-state index contributed by atoms with van der Waals surface area (Å²) in [6.07, 6.45) is 9.35. The van der Waals surface area contributed by atoms with Gasteiger partial charge in [0.25, 0.3) is 0 Å². The lowest BCUT2D eigenvalue weighted by Crippen LogP contribution is -2.27. The molecule has 2 N–H and O–H groups in total. The molecule has 1 aliphatic rings. The van der Waals surface area contributed by atoms with Gasteiger partial charge in [-0.1, -0.05) is 48.1 Å². The van der Waals surface area contributed by atoms with Crippen LogP contribution in [-0.2, 0) is 16.1 Å². The summed E-state index contributed by atoms with van der Waals surface area (Å²) in [6, 6.07) is 7.64. The van der Waals surface area contributed by atoms with Crippen molar-refractivity contribution in [3.05, 3.63) is 65.8 Å². The summed E-state index contributed by atoms with van der Waals surface area (Å²) < 4.78 is 16.8. The van der Waals surface area contributed by atoms with E-state index in [0.717, 1.165) is 17.7 Å². The molecule has 148 valence electrons. The lowest BCUT2D eigenvalue weighted by molar-refractivity contribution is -0.0251. The molecule has 1 aromatic rings. The molecule has 0 radical (unpaired) electrons. The van der Waals surface area contributed by atoms with Gasteiger partial charge in [0.05, 0.1) is 45.2 Å². The van der Waals surface area contributed by atoms with Gasteiger partial charge < -0.3 is 24.4 Å². The van der Waals surface area contributed by atoms with Gasteiger partial charge in [0.15, 0.2) is 0 Å². The van der Waals surface area contributed by atoms with Gasteiger partial charge in [-0.25, -0.2) is 0 Å². The average Bonchev–Trinajstić information content (AvgIpc) is 2.69. The van der Waals surface area contributed by atoms with Gasteiger partial charge in [-0.2, -0.15) is 0 Å². The summed E-state index contributed by atoms with van der Waals surface area (Å²) in [5.74, 6) is 0.793. The van der Waals surface area contributed by atoms with Crippen LogP contribution in [-0.4, -0.2) is 48.8 Å². The second-order valence-electron chi connectivity index (χ2n) is 6.59. The Hall–Kier alpha value is -1.92. The SMILES string of the molecule is COc1ccc(COC(C/C=C/CO)C(O)/C=C\C2CC(C)=CCO2)cc1. The maximum absolute atomic E-state index is 10.6. The molecule has 0 aromatic heterocycles. The lowest BCUT2D eigenvalue weighted by atomic mass is 10.0. The van der Waals surface area contributed by atoms with Crippen molar-refractivity contribution in [3.8, 4) is 5.75 Å². The predicted molar refractivity (Wildman–Crippen MR) is 106 cm³/mol. The fourth-order valence-electron chi connectivity index (χ4n) is 2.79. The molecular weight excluding hydrogens is 344 g/mol. The van der Waals surface area contributed by atoms with E-state index in [0.29, 0.717) is 19.6 Å². The summed E-state index contributed by atoms with van der Waals surface area (Å²) in [6.45, 7) is 3.04. The van der Waals surface area contributed by atoms with E-state index >= 15 is 0 Å². The highest BCUT2D eigenvalue weighted by Gasteiger charge is 2.18. The highest BCUT2D eigenvalue weighted by Crippen LogP contribution is 2.18. The van der Waals surface area contributed by atoms with Crippen LogP contribution in [0.5, 0.6) is 5.75 Å². The number of ether oxygens (including phenoxy) is 3. The van der Waals surface area contributed by atoms with Crippen LogP contribution in [0.25, 0.3) is 0 Å². The molecule has 0 fully saturated rings. The van der Waals surface area contributed by atoms with E-state index in [1.165, 1.54) is 5.57 Å². The molecule has 0 aliphatic carbocycles. The quantitative estimate of drug-likeness (QED) is 0.616. The first-order chi connectivity index (χ1) is 13.1.